The normalized spacial score (nSPS) is 10.7. The fraction of sp³-hybridized carbons (Fsp3) is 0.182. The van der Waals surface area contributed by atoms with E-state index in [1.807, 2.05) is 0 Å². The van der Waals surface area contributed by atoms with Crippen LogP contribution in [0.3, 0.4) is 0 Å². The molecular formula is C11H9F2N3O3. The highest BCUT2D eigenvalue weighted by molar-refractivity contribution is 5.70. The summed E-state index contributed by atoms with van der Waals surface area (Å²) in [5.74, 6) is -2.13. The van der Waals surface area contributed by atoms with E-state index in [0.29, 0.717) is 18.1 Å². The summed E-state index contributed by atoms with van der Waals surface area (Å²) in [7, 11) is 0. The average Bonchev–Trinajstić information content (AvgIpc) is 2.72. The SMILES string of the molecule is CCc1c(-c2cc(F)cc([N+](=O)[O-])c2F)noc1N. The van der Waals surface area contributed by atoms with E-state index in [0.717, 1.165) is 6.07 Å². The van der Waals surface area contributed by atoms with Crippen LogP contribution in [0.5, 0.6) is 0 Å². The fourth-order valence-electron chi connectivity index (χ4n) is 1.76. The standard InChI is InChI=1S/C11H9F2N3O3/c1-2-6-10(15-19-11(6)14)7-3-5(12)4-8(9(7)13)16(17)18/h3-4H,2,14H2,1H3. The predicted molar refractivity (Wildman–Crippen MR) is 62.3 cm³/mol. The number of nitrogens with two attached hydrogens (primary N) is 1. The number of rotatable bonds is 3. The zero-order valence-corrected chi connectivity index (χ0v) is 9.81. The molecule has 0 spiro atoms. The Morgan fingerprint density at radius 3 is 2.74 bits per heavy atom. The van der Waals surface area contributed by atoms with Crippen LogP contribution in [0.1, 0.15) is 12.5 Å². The first kappa shape index (κ1) is 12.9. The Kier molecular flexibility index (Phi) is 3.16. The van der Waals surface area contributed by atoms with Gasteiger partial charge in [-0.25, -0.2) is 4.39 Å². The summed E-state index contributed by atoms with van der Waals surface area (Å²) in [6.07, 6.45) is 0.369. The van der Waals surface area contributed by atoms with E-state index in [2.05, 4.69) is 5.16 Å². The van der Waals surface area contributed by atoms with Gasteiger partial charge >= 0.3 is 5.69 Å². The van der Waals surface area contributed by atoms with Crippen molar-refractivity contribution < 1.29 is 18.2 Å². The molecule has 0 radical (unpaired) electrons. The van der Waals surface area contributed by atoms with Crippen molar-refractivity contribution in [1.29, 1.82) is 0 Å². The van der Waals surface area contributed by atoms with Gasteiger partial charge in [0.05, 0.1) is 11.0 Å². The maximum absolute atomic E-state index is 14.0. The van der Waals surface area contributed by atoms with Gasteiger partial charge in [0.25, 0.3) is 0 Å². The summed E-state index contributed by atoms with van der Waals surface area (Å²) >= 11 is 0. The molecular weight excluding hydrogens is 260 g/mol. The van der Waals surface area contributed by atoms with Crippen LogP contribution in [-0.4, -0.2) is 10.1 Å². The number of nitrogen functional groups attached to an aromatic ring is 1. The van der Waals surface area contributed by atoms with Crippen molar-refractivity contribution in [1.82, 2.24) is 5.16 Å². The van der Waals surface area contributed by atoms with Gasteiger partial charge in [-0.15, -0.1) is 0 Å². The summed E-state index contributed by atoms with van der Waals surface area (Å²) in [4.78, 5) is 9.64. The van der Waals surface area contributed by atoms with Crippen LogP contribution in [0, 0.1) is 21.7 Å². The molecule has 0 bridgehead atoms. The molecule has 0 atom stereocenters. The molecule has 100 valence electrons. The molecule has 2 rings (SSSR count). The van der Waals surface area contributed by atoms with Gasteiger partial charge in [0.2, 0.25) is 11.7 Å². The molecule has 2 N–H and O–H groups in total. The minimum Gasteiger partial charge on any atom is -0.367 e. The highest BCUT2D eigenvalue weighted by atomic mass is 19.1. The largest absolute Gasteiger partial charge is 0.367 e. The second-order valence-electron chi connectivity index (χ2n) is 3.77. The average molecular weight is 269 g/mol. The van der Waals surface area contributed by atoms with Gasteiger partial charge in [-0.3, -0.25) is 10.1 Å². The fourth-order valence-corrected chi connectivity index (χ4v) is 1.76. The minimum absolute atomic E-state index is 0.0242. The number of hydrogen-bond donors (Lipinski definition) is 1. The Morgan fingerprint density at radius 2 is 2.16 bits per heavy atom. The van der Waals surface area contributed by atoms with Crippen molar-refractivity contribution in [3.05, 3.63) is 39.4 Å². The molecule has 1 heterocycles. The first-order chi connectivity index (χ1) is 8.95. The molecule has 0 aliphatic heterocycles. The highest BCUT2D eigenvalue weighted by Gasteiger charge is 2.25. The second-order valence-corrected chi connectivity index (χ2v) is 3.77. The summed E-state index contributed by atoms with van der Waals surface area (Å²) < 4.78 is 32.0. The van der Waals surface area contributed by atoms with Gasteiger partial charge in [0, 0.05) is 11.1 Å². The summed E-state index contributed by atoms with van der Waals surface area (Å²) in [6, 6.07) is 1.33. The number of anilines is 1. The summed E-state index contributed by atoms with van der Waals surface area (Å²) in [6.45, 7) is 1.72. The van der Waals surface area contributed by atoms with Crippen molar-refractivity contribution >= 4 is 11.6 Å². The van der Waals surface area contributed by atoms with Gasteiger partial charge < -0.3 is 10.3 Å². The Bertz CT molecular complexity index is 655. The lowest BCUT2D eigenvalue weighted by Gasteiger charge is -2.03. The number of aromatic nitrogens is 1. The molecule has 0 amide bonds. The quantitative estimate of drug-likeness (QED) is 0.682. The Morgan fingerprint density at radius 1 is 1.47 bits per heavy atom. The third-order valence-electron chi connectivity index (χ3n) is 2.64. The van der Waals surface area contributed by atoms with Crippen LogP contribution >= 0.6 is 0 Å². The number of nitrogens with zero attached hydrogens (tertiary/aromatic N) is 2. The predicted octanol–water partition coefficient (Wildman–Crippen LogP) is 2.67. The number of benzene rings is 1. The molecule has 8 heteroatoms. The second kappa shape index (κ2) is 4.63. The zero-order chi connectivity index (χ0) is 14.2. The molecule has 0 fully saturated rings. The van der Waals surface area contributed by atoms with E-state index >= 15 is 0 Å². The molecule has 2 aromatic rings. The van der Waals surface area contributed by atoms with Crippen molar-refractivity contribution in [3.63, 3.8) is 0 Å². The van der Waals surface area contributed by atoms with Gasteiger partial charge in [-0.2, -0.15) is 4.39 Å². The molecule has 1 aromatic carbocycles. The highest BCUT2D eigenvalue weighted by Crippen LogP contribution is 2.33. The first-order valence-corrected chi connectivity index (χ1v) is 5.33. The number of nitro benzene ring substituents is 1. The van der Waals surface area contributed by atoms with Gasteiger partial charge in [0.15, 0.2) is 0 Å². The Labute approximate surface area is 106 Å². The Balaban J connectivity index is 2.72. The van der Waals surface area contributed by atoms with Crippen LogP contribution in [0.2, 0.25) is 0 Å². The summed E-state index contributed by atoms with van der Waals surface area (Å²) in [5.41, 5.74) is 4.54. The third kappa shape index (κ3) is 2.12. The summed E-state index contributed by atoms with van der Waals surface area (Å²) in [5, 5.41) is 14.2. The lowest BCUT2D eigenvalue weighted by atomic mass is 10.0. The van der Waals surface area contributed by atoms with Crippen molar-refractivity contribution in [2.75, 3.05) is 5.73 Å². The molecule has 0 aliphatic rings. The van der Waals surface area contributed by atoms with Gasteiger partial charge in [-0.05, 0) is 12.5 Å². The van der Waals surface area contributed by atoms with Crippen LogP contribution in [0.25, 0.3) is 11.3 Å². The molecule has 0 aliphatic carbocycles. The van der Waals surface area contributed by atoms with E-state index in [-0.39, 0.29) is 17.1 Å². The van der Waals surface area contributed by atoms with Gasteiger partial charge in [0.1, 0.15) is 11.5 Å². The molecule has 0 unspecified atom stereocenters. The smallest absolute Gasteiger partial charge is 0.308 e. The van der Waals surface area contributed by atoms with Crippen molar-refractivity contribution in [3.8, 4) is 11.3 Å². The first-order valence-electron chi connectivity index (χ1n) is 5.33. The molecule has 0 saturated heterocycles. The molecule has 19 heavy (non-hydrogen) atoms. The van der Waals surface area contributed by atoms with E-state index in [1.165, 1.54) is 0 Å². The topological polar surface area (TPSA) is 95.2 Å². The molecule has 6 nitrogen and oxygen atoms in total. The maximum Gasteiger partial charge on any atom is 0.308 e. The van der Waals surface area contributed by atoms with Crippen molar-refractivity contribution in [2.45, 2.75) is 13.3 Å². The van der Waals surface area contributed by atoms with Crippen LogP contribution in [0.15, 0.2) is 16.7 Å². The lowest BCUT2D eigenvalue weighted by molar-refractivity contribution is -0.387. The Hall–Kier alpha value is -2.51. The monoisotopic (exact) mass is 269 g/mol. The van der Waals surface area contributed by atoms with Crippen LogP contribution in [-0.2, 0) is 6.42 Å². The lowest BCUT2D eigenvalue weighted by Crippen LogP contribution is -1.98. The van der Waals surface area contributed by atoms with Gasteiger partial charge in [-0.1, -0.05) is 12.1 Å². The van der Waals surface area contributed by atoms with Crippen LogP contribution < -0.4 is 5.73 Å². The number of nitro groups is 1. The molecule has 1 aromatic heterocycles. The maximum atomic E-state index is 14.0. The zero-order valence-electron chi connectivity index (χ0n) is 9.81. The van der Waals surface area contributed by atoms with E-state index in [4.69, 9.17) is 10.3 Å². The number of halogens is 2. The molecule has 0 saturated carbocycles. The minimum atomic E-state index is -1.17. The van der Waals surface area contributed by atoms with E-state index < -0.39 is 22.2 Å². The van der Waals surface area contributed by atoms with Crippen molar-refractivity contribution in [2.24, 2.45) is 0 Å². The number of hydrogen-bond acceptors (Lipinski definition) is 5. The van der Waals surface area contributed by atoms with Crippen LogP contribution in [0.4, 0.5) is 20.4 Å². The van der Waals surface area contributed by atoms with E-state index in [9.17, 15) is 18.9 Å². The third-order valence-corrected chi connectivity index (χ3v) is 2.64. The van der Waals surface area contributed by atoms with E-state index in [1.54, 1.807) is 6.92 Å².